The molecule has 6 heteroatoms. The van der Waals surface area contributed by atoms with Gasteiger partial charge < -0.3 is 15.8 Å². The lowest BCUT2D eigenvalue weighted by atomic mass is 10.2. The molecule has 0 aromatic heterocycles. The van der Waals surface area contributed by atoms with E-state index in [-0.39, 0.29) is 18.5 Å². The molecule has 0 aliphatic rings. The summed E-state index contributed by atoms with van der Waals surface area (Å²) >= 11 is 5.99. The number of halogens is 1. The Kier molecular flexibility index (Phi) is 6.08. The van der Waals surface area contributed by atoms with Gasteiger partial charge in [0.15, 0.2) is 0 Å². The third-order valence-electron chi connectivity index (χ3n) is 2.82. The van der Waals surface area contributed by atoms with Gasteiger partial charge in [0.05, 0.1) is 23.9 Å². The van der Waals surface area contributed by atoms with Gasteiger partial charge in [-0.15, -0.1) is 0 Å². The molecule has 5 nitrogen and oxygen atoms in total. The number of nitrogen functional groups attached to an aromatic ring is 1. The number of methoxy groups -OCH3 is 1. The van der Waals surface area contributed by atoms with Gasteiger partial charge in [-0.05, 0) is 32.2 Å². The predicted molar refractivity (Wildman–Crippen MR) is 78.5 cm³/mol. The highest BCUT2D eigenvalue weighted by atomic mass is 35.5. The Morgan fingerprint density at radius 1 is 1.58 bits per heavy atom. The van der Waals surface area contributed by atoms with Crippen LogP contribution >= 0.6 is 11.6 Å². The van der Waals surface area contributed by atoms with Gasteiger partial charge in [0.1, 0.15) is 0 Å². The molecule has 106 valence electrons. The molecule has 0 saturated heterocycles. The number of nitrogens with one attached hydrogen (secondary N) is 1. The summed E-state index contributed by atoms with van der Waals surface area (Å²) in [6, 6.07) is 5.14. The Bertz CT molecular complexity index is 440. The Hall–Kier alpha value is -1.30. The third-order valence-corrected chi connectivity index (χ3v) is 3.15. The highest BCUT2D eigenvalue weighted by Crippen LogP contribution is 2.23. The number of nitrogens with zero attached hydrogens (tertiary/aromatic N) is 1. The van der Waals surface area contributed by atoms with Crippen LogP contribution in [0.3, 0.4) is 0 Å². The van der Waals surface area contributed by atoms with Crippen molar-refractivity contribution in [2.75, 3.05) is 38.4 Å². The molecule has 3 N–H and O–H groups in total. The molecule has 0 spiro atoms. The van der Waals surface area contributed by atoms with Crippen LogP contribution in [0.1, 0.15) is 6.92 Å². The highest BCUT2D eigenvalue weighted by molar-refractivity contribution is 6.33. The number of nitrogens with two attached hydrogens (primary N) is 1. The largest absolute Gasteiger partial charge is 0.399 e. The number of hydrogen-bond acceptors (Lipinski definition) is 4. The number of benzene rings is 1. The molecule has 1 rings (SSSR count). The summed E-state index contributed by atoms with van der Waals surface area (Å²) in [5.41, 5.74) is 6.74. The van der Waals surface area contributed by atoms with E-state index in [1.165, 1.54) is 0 Å². The van der Waals surface area contributed by atoms with Crippen LogP contribution in [-0.4, -0.2) is 44.2 Å². The van der Waals surface area contributed by atoms with Gasteiger partial charge >= 0.3 is 0 Å². The van der Waals surface area contributed by atoms with Crippen molar-refractivity contribution in [1.29, 1.82) is 0 Å². The molecular formula is C13H20ClN3O2. The molecule has 0 aliphatic heterocycles. The van der Waals surface area contributed by atoms with Gasteiger partial charge in [0, 0.05) is 18.8 Å². The van der Waals surface area contributed by atoms with Crippen LogP contribution in [0.2, 0.25) is 5.02 Å². The van der Waals surface area contributed by atoms with E-state index in [0.29, 0.717) is 23.0 Å². The molecule has 0 aliphatic carbocycles. The molecule has 1 atom stereocenters. The zero-order chi connectivity index (χ0) is 14.4. The number of ether oxygens (including phenoxy) is 1. The van der Waals surface area contributed by atoms with E-state index in [0.717, 1.165) is 0 Å². The summed E-state index contributed by atoms with van der Waals surface area (Å²) in [6.45, 7) is 2.82. The van der Waals surface area contributed by atoms with Crippen LogP contribution < -0.4 is 11.1 Å². The molecule has 19 heavy (non-hydrogen) atoms. The Morgan fingerprint density at radius 2 is 2.26 bits per heavy atom. The van der Waals surface area contributed by atoms with Crippen molar-refractivity contribution >= 4 is 28.9 Å². The number of carbonyl (C=O) groups excluding carboxylic acids is 1. The second-order valence-corrected chi connectivity index (χ2v) is 4.91. The van der Waals surface area contributed by atoms with Gasteiger partial charge in [-0.1, -0.05) is 11.6 Å². The lowest BCUT2D eigenvalue weighted by Crippen LogP contribution is -2.38. The van der Waals surface area contributed by atoms with E-state index >= 15 is 0 Å². The summed E-state index contributed by atoms with van der Waals surface area (Å²) in [7, 11) is 3.50. The first-order valence-corrected chi connectivity index (χ1v) is 6.36. The van der Waals surface area contributed by atoms with Crippen LogP contribution in [0, 0.1) is 0 Å². The Labute approximate surface area is 118 Å². The molecule has 0 saturated carbocycles. The molecular weight excluding hydrogens is 266 g/mol. The fourth-order valence-corrected chi connectivity index (χ4v) is 1.74. The van der Waals surface area contributed by atoms with Crippen molar-refractivity contribution < 1.29 is 9.53 Å². The quantitative estimate of drug-likeness (QED) is 0.783. The Morgan fingerprint density at radius 3 is 2.89 bits per heavy atom. The SMILES string of the molecule is COCC(C)N(C)CC(=O)Nc1cc(N)ccc1Cl. The van der Waals surface area contributed by atoms with Crippen LogP contribution in [0.25, 0.3) is 0 Å². The van der Waals surface area contributed by atoms with Crippen molar-refractivity contribution in [2.45, 2.75) is 13.0 Å². The first-order chi connectivity index (χ1) is 8.93. The standard InChI is InChI=1S/C13H20ClN3O2/c1-9(8-19-3)17(2)7-13(18)16-12-6-10(15)4-5-11(12)14/h4-6,9H,7-8,15H2,1-3H3,(H,16,18). The molecule has 1 aromatic rings. The van der Waals surface area contributed by atoms with Crippen LogP contribution in [0.15, 0.2) is 18.2 Å². The summed E-state index contributed by atoms with van der Waals surface area (Å²) in [6.07, 6.45) is 0. The monoisotopic (exact) mass is 285 g/mol. The average molecular weight is 286 g/mol. The molecule has 0 bridgehead atoms. The van der Waals surface area contributed by atoms with Gasteiger partial charge in [0.25, 0.3) is 0 Å². The lowest BCUT2D eigenvalue weighted by Gasteiger charge is -2.23. The fourth-order valence-electron chi connectivity index (χ4n) is 1.58. The van der Waals surface area contributed by atoms with E-state index in [4.69, 9.17) is 22.1 Å². The minimum absolute atomic E-state index is 0.141. The summed E-state index contributed by atoms with van der Waals surface area (Å²) in [4.78, 5) is 13.8. The van der Waals surface area contributed by atoms with Crippen LogP contribution in [0.5, 0.6) is 0 Å². The maximum atomic E-state index is 11.9. The van der Waals surface area contributed by atoms with Crippen LogP contribution in [0.4, 0.5) is 11.4 Å². The number of carbonyl (C=O) groups is 1. The van der Waals surface area contributed by atoms with Gasteiger partial charge in [-0.25, -0.2) is 0 Å². The first-order valence-electron chi connectivity index (χ1n) is 5.98. The molecule has 1 aromatic carbocycles. The maximum absolute atomic E-state index is 11.9. The fraction of sp³-hybridized carbons (Fsp3) is 0.462. The zero-order valence-corrected chi connectivity index (χ0v) is 12.2. The summed E-state index contributed by atoms with van der Waals surface area (Å²) in [5.74, 6) is -0.141. The van der Waals surface area contributed by atoms with E-state index < -0.39 is 0 Å². The number of rotatable bonds is 6. The smallest absolute Gasteiger partial charge is 0.238 e. The van der Waals surface area contributed by atoms with Gasteiger partial charge in [-0.2, -0.15) is 0 Å². The molecule has 0 fully saturated rings. The minimum atomic E-state index is -0.141. The topological polar surface area (TPSA) is 67.6 Å². The van der Waals surface area contributed by atoms with Gasteiger partial charge in [0.2, 0.25) is 5.91 Å². The second-order valence-electron chi connectivity index (χ2n) is 4.51. The second kappa shape index (κ2) is 7.33. The third kappa shape index (κ3) is 5.06. The number of hydrogen-bond donors (Lipinski definition) is 2. The minimum Gasteiger partial charge on any atom is -0.399 e. The first kappa shape index (κ1) is 15.8. The van der Waals surface area contributed by atoms with Crippen molar-refractivity contribution in [2.24, 2.45) is 0 Å². The summed E-state index contributed by atoms with van der Waals surface area (Å²) in [5, 5.41) is 3.21. The Balaban J connectivity index is 2.57. The normalized spacial score (nSPS) is 12.5. The molecule has 0 heterocycles. The average Bonchev–Trinajstić information content (AvgIpc) is 2.34. The molecule has 0 radical (unpaired) electrons. The number of likely N-dealkylation sites (N-methyl/N-ethyl adjacent to an activating group) is 1. The van der Waals surface area contributed by atoms with Crippen molar-refractivity contribution in [3.8, 4) is 0 Å². The van der Waals surface area contributed by atoms with Crippen molar-refractivity contribution in [3.63, 3.8) is 0 Å². The van der Waals surface area contributed by atoms with Crippen molar-refractivity contribution in [1.82, 2.24) is 4.90 Å². The summed E-state index contributed by atoms with van der Waals surface area (Å²) < 4.78 is 5.05. The number of amides is 1. The number of anilines is 2. The van der Waals surface area contributed by atoms with E-state index in [9.17, 15) is 4.79 Å². The lowest BCUT2D eigenvalue weighted by molar-refractivity contribution is -0.117. The van der Waals surface area contributed by atoms with E-state index in [1.807, 2.05) is 18.9 Å². The highest BCUT2D eigenvalue weighted by Gasteiger charge is 2.13. The predicted octanol–water partition coefficient (Wildman–Crippen LogP) is 1.83. The van der Waals surface area contributed by atoms with Gasteiger partial charge in [-0.3, -0.25) is 9.69 Å². The van der Waals surface area contributed by atoms with Crippen molar-refractivity contribution in [3.05, 3.63) is 23.2 Å². The van der Waals surface area contributed by atoms with E-state index in [1.54, 1.807) is 25.3 Å². The maximum Gasteiger partial charge on any atom is 0.238 e. The van der Waals surface area contributed by atoms with Crippen LogP contribution in [-0.2, 0) is 9.53 Å². The van der Waals surface area contributed by atoms with E-state index in [2.05, 4.69) is 5.32 Å². The zero-order valence-electron chi connectivity index (χ0n) is 11.4. The molecule has 1 unspecified atom stereocenters. The molecule has 1 amide bonds.